The highest BCUT2D eigenvalue weighted by atomic mass is 16.5. The van der Waals surface area contributed by atoms with E-state index in [4.69, 9.17) is 4.74 Å². The molecule has 1 aliphatic heterocycles. The molecule has 32 heavy (non-hydrogen) atoms. The van der Waals surface area contributed by atoms with Gasteiger partial charge in [-0.25, -0.2) is 0 Å². The predicted octanol–water partition coefficient (Wildman–Crippen LogP) is 6.20. The molecule has 1 atom stereocenters. The largest absolute Gasteiger partial charge is 0.379 e. The minimum Gasteiger partial charge on any atom is -0.379 e. The molecule has 0 bridgehead atoms. The number of hydrogen-bond acceptors (Lipinski definition) is 2. The normalized spacial score (nSPS) is 15.7. The van der Waals surface area contributed by atoms with Crippen LogP contribution in [0.1, 0.15) is 47.8 Å². The summed E-state index contributed by atoms with van der Waals surface area (Å²) in [6.07, 6.45) is 0.993. The fraction of sp³-hybridized carbons (Fsp3) is 0.250. The van der Waals surface area contributed by atoms with Gasteiger partial charge in [-0.3, -0.25) is 4.79 Å². The molecule has 0 unspecified atom stereocenters. The van der Waals surface area contributed by atoms with Gasteiger partial charge in [0.05, 0.1) is 17.8 Å². The van der Waals surface area contributed by atoms with Gasteiger partial charge in [-0.2, -0.15) is 0 Å². The van der Waals surface area contributed by atoms with Crippen molar-refractivity contribution in [3.05, 3.63) is 95.6 Å². The Labute approximate surface area is 188 Å². The highest BCUT2D eigenvalue weighted by molar-refractivity contribution is 6.02. The molecule has 0 radical (unpaired) electrons. The molecule has 1 N–H and O–H groups in total. The number of fused-ring (bicyclic) bond motifs is 2. The Bertz CT molecular complexity index is 1240. The van der Waals surface area contributed by atoms with Gasteiger partial charge < -0.3 is 14.6 Å². The van der Waals surface area contributed by atoms with Gasteiger partial charge in [-0.05, 0) is 43.5 Å². The number of aromatic nitrogens is 1. The SMILES string of the molecule is CC(C)OCCCN1C(=O)c2ccccc2[C@@H]1c1c(-c2ccccc2)[nH]c2ccccc12. The smallest absolute Gasteiger partial charge is 0.255 e. The highest BCUT2D eigenvalue weighted by Crippen LogP contribution is 2.45. The number of H-pyrrole nitrogens is 1. The van der Waals surface area contributed by atoms with Gasteiger partial charge in [0.25, 0.3) is 5.91 Å². The van der Waals surface area contributed by atoms with Crippen molar-refractivity contribution in [1.29, 1.82) is 0 Å². The molecule has 4 nitrogen and oxygen atoms in total. The second-order valence-corrected chi connectivity index (χ2v) is 8.59. The maximum absolute atomic E-state index is 13.5. The van der Waals surface area contributed by atoms with Crippen molar-refractivity contribution in [1.82, 2.24) is 9.88 Å². The van der Waals surface area contributed by atoms with E-state index < -0.39 is 0 Å². The number of nitrogens with one attached hydrogen (secondary N) is 1. The van der Waals surface area contributed by atoms with Gasteiger partial charge in [-0.15, -0.1) is 0 Å². The first-order valence-electron chi connectivity index (χ1n) is 11.3. The molecule has 5 rings (SSSR count). The zero-order chi connectivity index (χ0) is 22.1. The van der Waals surface area contributed by atoms with E-state index in [-0.39, 0.29) is 18.1 Å². The van der Waals surface area contributed by atoms with Crippen LogP contribution < -0.4 is 0 Å². The van der Waals surface area contributed by atoms with E-state index in [0.29, 0.717) is 13.2 Å². The Morgan fingerprint density at radius 1 is 0.938 bits per heavy atom. The summed E-state index contributed by atoms with van der Waals surface area (Å²) in [5, 5.41) is 1.16. The third kappa shape index (κ3) is 3.61. The Morgan fingerprint density at radius 3 is 2.47 bits per heavy atom. The number of ether oxygens (including phenoxy) is 1. The van der Waals surface area contributed by atoms with Gasteiger partial charge in [0, 0.05) is 35.2 Å². The first-order valence-corrected chi connectivity index (χ1v) is 11.3. The molecule has 4 aromatic rings. The number of aromatic amines is 1. The van der Waals surface area contributed by atoms with Crippen molar-refractivity contribution in [3.63, 3.8) is 0 Å². The number of hydrogen-bond donors (Lipinski definition) is 1. The van der Waals surface area contributed by atoms with Crippen LogP contribution >= 0.6 is 0 Å². The molecule has 0 saturated heterocycles. The number of amides is 1. The number of benzene rings is 3. The van der Waals surface area contributed by atoms with Crippen LogP contribution in [0.25, 0.3) is 22.2 Å². The summed E-state index contributed by atoms with van der Waals surface area (Å²) in [7, 11) is 0. The van der Waals surface area contributed by atoms with E-state index in [9.17, 15) is 4.79 Å². The zero-order valence-corrected chi connectivity index (χ0v) is 18.5. The summed E-state index contributed by atoms with van der Waals surface area (Å²) in [6.45, 7) is 5.37. The Kier molecular flexibility index (Phi) is 5.54. The van der Waals surface area contributed by atoms with E-state index in [0.717, 1.165) is 45.3 Å². The Morgan fingerprint density at radius 2 is 1.66 bits per heavy atom. The summed E-state index contributed by atoms with van der Waals surface area (Å²) in [5.41, 5.74) is 6.32. The number of nitrogens with zero attached hydrogens (tertiary/aromatic N) is 1. The lowest BCUT2D eigenvalue weighted by atomic mass is 9.93. The van der Waals surface area contributed by atoms with E-state index in [1.165, 1.54) is 0 Å². The number of para-hydroxylation sites is 1. The van der Waals surface area contributed by atoms with Gasteiger partial charge in [0.2, 0.25) is 0 Å². The molecule has 3 aromatic carbocycles. The van der Waals surface area contributed by atoms with Crippen molar-refractivity contribution < 1.29 is 9.53 Å². The summed E-state index contributed by atoms with van der Waals surface area (Å²) in [4.78, 5) is 19.2. The standard InChI is InChI=1S/C28H28N2O2/c1-19(2)32-18-10-17-30-27(21-13-6-7-14-22(21)28(30)31)25-23-15-8-9-16-24(23)29-26(25)20-11-4-3-5-12-20/h3-9,11-16,19,27,29H,10,17-18H2,1-2H3/t27-/m1/s1. The number of carbonyl (C=O) groups is 1. The van der Waals surface area contributed by atoms with Crippen LogP contribution in [-0.2, 0) is 4.74 Å². The lowest BCUT2D eigenvalue weighted by molar-refractivity contribution is 0.0605. The Hall–Kier alpha value is -3.37. The fourth-order valence-electron chi connectivity index (χ4n) is 4.75. The molecule has 0 fully saturated rings. The highest BCUT2D eigenvalue weighted by Gasteiger charge is 2.39. The van der Waals surface area contributed by atoms with E-state index >= 15 is 0 Å². The molecule has 0 spiro atoms. The average molecular weight is 425 g/mol. The van der Waals surface area contributed by atoms with Crippen molar-refractivity contribution >= 4 is 16.8 Å². The molecule has 1 aliphatic rings. The second kappa shape index (κ2) is 8.64. The molecule has 1 amide bonds. The quantitative estimate of drug-likeness (QED) is 0.359. The monoisotopic (exact) mass is 424 g/mol. The third-order valence-electron chi connectivity index (χ3n) is 6.14. The van der Waals surface area contributed by atoms with Crippen LogP contribution in [0.15, 0.2) is 78.9 Å². The van der Waals surface area contributed by atoms with Crippen molar-refractivity contribution in [2.45, 2.75) is 32.4 Å². The predicted molar refractivity (Wildman–Crippen MR) is 129 cm³/mol. The van der Waals surface area contributed by atoms with Crippen molar-refractivity contribution in [3.8, 4) is 11.3 Å². The molecule has 162 valence electrons. The minimum atomic E-state index is -0.135. The van der Waals surface area contributed by atoms with Crippen LogP contribution in [0.5, 0.6) is 0 Å². The van der Waals surface area contributed by atoms with Crippen LogP contribution in [0.3, 0.4) is 0 Å². The molecule has 1 aromatic heterocycles. The Balaban J connectivity index is 1.65. The number of carbonyl (C=O) groups excluding carboxylic acids is 1. The molecule has 0 saturated carbocycles. The molecule has 0 aliphatic carbocycles. The van der Waals surface area contributed by atoms with Gasteiger partial charge in [0.15, 0.2) is 0 Å². The van der Waals surface area contributed by atoms with Gasteiger partial charge >= 0.3 is 0 Å². The topological polar surface area (TPSA) is 45.3 Å². The third-order valence-corrected chi connectivity index (χ3v) is 6.14. The first kappa shape index (κ1) is 20.5. The first-order chi connectivity index (χ1) is 15.6. The molecular weight excluding hydrogens is 396 g/mol. The van der Waals surface area contributed by atoms with E-state index in [2.05, 4.69) is 53.5 Å². The van der Waals surface area contributed by atoms with E-state index in [1.807, 2.05) is 49.1 Å². The van der Waals surface area contributed by atoms with Crippen LogP contribution in [0.2, 0.25) is 0 Å². The lowest BCUT2D eigenvalue weighted by Gasteiger charge is -2.27. The van der Waals surface area contributed by atoms with Crippen LogP contribution in [0.4, 0.5) is 0 Å². The summed E-state index contributed by atoms with van der Waals surface area (Å²) in [5.74, 6) is 0.0967. The van der Waals surface area contributed by atoms with Crippen LogP contribution in [-0.4, -0.2) is 35.0 Å². The van der Waals surface area contributed by atoms with Gasteiger partial charge in [-0.1, -0.05) is 66.7 Å². The second-order valence-electron chi connectivity index (χ2n) is 8.59. The van der Waals surface area contributed by atoms with E-state index in [1.54, 1.807) is 0 Å². The van der Waals surface area contributed by atoms with Gasteiger partial charge in [0.1, 0.15) is 0 Å². The number of rotatable bonds is 7. The molecular formula is C28H28N2O2. The zero-order valence-electron chi connectivity index (χ0n) is 18.5. The maximum Gasteiger partial charge on any atom is 0.255 e. The van der Waals surface area contributed by atoms with Crippen molar-refractivity contribution in [2.24, 2.45) is 0 Å². The molecule has 4 heteroatoms. The van der Waals surface area contributed by atoms with Crippen LogP contribution in [0, 0.1) is 0 Å². The summed E-state index contributed by atoms with van der Waals surface area (Å²) < 4.78 is 5.76. The summed E-state index contributed by atoms with van der Waals surface area (Å²) in [6, 6.07) is 26.6. The maximum atomic E-state index is 13.5. The summed E-state index contributed by atoms with van der Waals surface area (Å²) >= 11 is 0. The fourth-order valence-corrected chi connectivity index (χ4v) is 4.75. The van der Waals surface area contributed by atoms with Crippen molar-refractivity contribution in [2.75, 3.05) is 13.2 Å². The lowest BCUT2D eigenvalue weighted by Crippen LogP contribution is -2.30. The minimum absolute atomic E-state index is 0.0967. The average Bonchev–Trinajstić information content (AvgIpc) is 3.32. The molecule has 2 heterocycles.